The van der Waals surface area contributed by atoms with Crippen LogP contribution in [0.5, 0.6) is 0 Å². The lowest BCUT2D eigenvalue weighted by Gasteiger charge is -2.33. The molecular weight excluding hydrogens is 426 g/mol. The van der Waals surface area contributed by atoms with Crippen molar-refractivity contribution in [1.82, 2.24) is 24.2 Å². The van der Waals surface area contributed by atoms with E-state index in [-0.39, 0.29) is 25.6 Å². The van der Waals surface area contributed by atoms with Crippen LogP contribution < -0.4 is 10.6 Å². The zero-order valence-electron chi connectivity index (χ0n) is 17.5. The highest BCUT2D eigenvalue weighted by Crippen LogP contribution is 2.30. The molecule has 4 atom stereocenters. The monoisotopic (exact) mass is 452 g/mol. The Bertz CT molecular complexity index is 1130. The first-order valence-corrected chi connectivity index (χ1v) is 12.1. The Morgan fingerprint density at radius 3 is 2.77 bits per heavy atom. The van der Waals surface area contributed by atoms with Crippen molar-refractivity contribution in [1.29, 1.82) is 0 Å². The lowest BCUT2D eigenvalue weighted by atomic mass is 10.0. The van der Waals surface area contributed by atoms with E-state index in [1.807, 2.05) is 10.6 Å². The molecule has 0 aromatic carbocycles. The van der Waals surface area contributed by atoms with Crippen molar-refractivity contribution in [2.24, 2.45) is 0 Å². The fraction of sp³-hybridized carbons (Fsp3) is 0.600. The molecule has 2 N–H and O–H groups in total. The summed E-state index contributed by atoms with van der Waals surface area (Å²) in [5.74, 6) is 6.12. The predicted molar refractivity (Wildman–Crippen MR) is 115 cm³/mol. The van der Waals surface area contributed by atoms with E-state index in [0.717, 1.165) is 15.9 Å². The van der Waals surface area contributed by atoms with Crippen LogP contribution in [-0.4, -0.2) is 78.1 Å². The van der Waals surface area contributed by atoms with E-state index >= 15 is 0 Å². The highest BCUT2D eigenvalue weighted by atomic mass is 32.2. The molecule has 0 unspecified atom stereocenters. The predicted octanol–water partition coefficient (Wildman–Crippen LogP) is 1.46. The van der Waals surface area contributed by atoms with E-state index in [1.165, 1.54) is 0 Å². The zero-order valence-corrected chi connectivity index (χ0v) is 18.3. The van der Waals surface area contributed by atoms with E-state index in [0.29, 0.717) is 30.7 Å². The van der Waals surface area contributed by atoms with Crippen LogP contribution in [0.1, 0.15) is 31.5 Å². The molecule has 0 amide bonds. The molecule has 0 saturated carbocycles. The van der Waals surface area contributed by atoms with E-state index in [2.05, 4.69) is 32.4 Å². The molecular formula is C20H26F2N6O2S. The highest BCUT2D eigenvalue weighted by molar-refractivity contribution is 7.88. The molecule has 0 radical (unpaired) electrons. The minimum Gasteiger partial charge on any atom is -0.348 e. The first kappa shape index (κ1) is 21.9. The van der Waals surface area contributed by atoms with Gasteiger partial charge in [0.15, 0.2) is 0 Å². The van der Waals surface area contributed by atoms with Gasteiger partial charge in [0.2, 0.25) is 16.0 Å². The molecule has 2 aliphatic rings. The molecule has 0 bridgehead atoms. The molecule has 2 saturated heterocycles. The van der Waals surface area contributed by atoms with Crippen LogP contribution in [0.3, 0.4) is 0 Å². The Kier molecular flexibility index (Phi) is 6.14. The van der Waals surface area contributed by atoms with E-state index < -0.39 is 34.5 Å². The Morgan fingerprint density at radius 1 is 1.29 bits per heavy atom. The largest absolute Gasteiger partial charge is 0.348 e. The van der Waals surface area contributed by atoms with Gasteiger partial charge in [0.05, 0.1) is 24.0 Å². The number of nitrogens with one attached hydrogen (secondary N) is 2. The van der Waals surface area contributed by atoms with Crippen molar-refractivity contribution in [3.05, 3.63) is 18.0 Å². The summed E-state index contributed by atoms with van der Waals surface area (Å²) in [5, 5.41) is 6.79. The van der Waals surface area contributed by atoms with Crippen LogP contribution in [0.2, 0.25) is 0 Å². The number of nitrogens with zero attached hydrogens (tertiary/aromatic N) is 4. The number of fused-ring (bicyclic) bond motifs is 1. The average molecular weight is 453 g/mol. The number of alkyl halides is 2. The summed E-state index contributed by atoms with van der Waals surface area (Å²) in [6, 6.07) is 0.832. The average Bonchev–Trinajstić information content (AvgIpc) is 3.06. The molecule has 31 heavy (non-hydrogen) atoms. The third-order valence-corrected chi connectivity index (χ3v) is 7.09. The standard InChI is InChI=1S/C20H26F2N6O2S/c1-3-4-14-9-13-10-24-20(25-17-6-8-27(12-16(17)22)31(2,29)30)26-19(13)28(14)18-5-7-23-11-15(18)21/h9-10,15-18,23H,5-8,11-12H2,1-2H3,(H,24,25,26)/t15-,16+,17+,18+/m0/s1. The van der Waals surface area contributed by atoms with Gasteiger partial charge >= 0.3 is 0 Å². The number of rotatable bonds is 4. The van der Waals surface area contributed by atoms with Crippen LogP contribution in [0.15, 0.2) is 12.3 Å². The summed E-state index contributed by atoms with van der Waals surface area (Å²) in [4.78, 5) is 8.86. The summed E-state index contributed by atoms with van der Waals surface area (Å²) in [6.45, 7) is 2.71. The molecule has 168 valence electrons. The topological polar surface area (TPSA) is 92.2 Å². The molecule has 0 spiro atoms. The molecule has 2 aliphatic heterocycles. The number of sulfonamides is 1. The van der Waals surface area contributed by atoms with Crippen molar-refractivity contribution in [3.63, 3.8) is 0 Å². The van der Waals surface area contributed by atoms with Gasteiger partial charge in [-0.1, -0.05) is 5.92 Å². The first-order chi connectivity index (χ1) is 14.8. The molecule has 2 aromatic heterocycles. The molecule has 4 heterocycles. The summed E-state index contributed by atoms with van der Waals surface area (Å²) in [5.41, 5.74) is 1.22. The van der Waals surface area contributed by atoms with E-state index in [1.54, 1.807) is 13.1 Å². The summed E-state index contributed by atoms with van der Waals surface area (Å²) in [7, 11) is -3.43. The maximum atomic E-state index is 14.7. The normalized spacial score (nSPS) is 27.6. The lowest BCUT2D eigenvalue weighted by molar-refractivity contribution is 0.185. The molecule has 4 rings (SSSR count). The van der Waals surface area contributed by atoms with Gasteiger partial charge in [-0.25, -0.2) is 22.2 Å². The third kappa shape index (κ3) is 4.51. The van der Waals surface area contributed by atoms with Gasteiger partial charge < -0.3 is 15.2 Å². The van der Waals surface area contributed by atoms with Crippen LogP contribution >= 0.6 is 0 Å². The van der Waals surface area contributed by atoms with Crippen molar-refractivity contribution in [2.45, 2.75) is 44.2 Å². The fourth-order valence-corrected chi connectivity index (χ4v) is 5.09. The zero-order chi connectivity index (χ0) is 22.2. The maximum absolute atomic E-state index is 14.7. The second-order valence-electron chi connectivity index (χ2n) is 8.00. The van der Waals surface area contributed by atoms with Crippen LogP contribution in [0, 0.1) is 11.8 Å². The smallest absolute Gasteiger partial charge is 0.224 e. The maximum Gasteiger partial charge on any atom is 0.224 e. The van der Waals surface area contributed by atoms with Gasteiger partial charge in [0, 0.05) is 31.2 Å². The van der Waals surface area contributed by atoms with Crippen LogP contribution in [0.25, 0.3) is 11.0 Å². The van der Waals surface area contributed by atoms with E-state index in [4.69, 9.17) is 0 Å². The Morgan fingerprint density at radius 2 is 2.10 bits per heavy atom. The fourth-order valence-electron chi connectivity index (χ4n) is 4.24. The van der Waals surface area contributed by atoms with Crippen molar-refractivity contribution in [2.75, 3.05) is 37.8 Å². The molecule has 8 nitrogen and oxygen atoms in total. The van der Waals surface area contributed by atoms with Crippen LogP contribution in [-0.2, 0) is 10.0 Å². The quantitative estimate of drug-likeness (QED) is 0.683. The number of halogens is 2. The third-order valence-electron chi connectivity index (χ3n) is 5.82. The summed E-state index contributed by atoms with van der Waals surface area (Å²) >= 11 is 0. The minimum absolute atomic E-state index is 0.204. The Balaban J connectivity index is 1.63. The van der Waals surface area contributed by atoms with Crippen molar-refractivity contribution < 1.29 is 17.2 Å². The molecule has 2 fully saturated rings. The molecule has 11 heteroatoms. The molecule has 2 aromatic rings. The lowest BCUT2D eigenvalue weighted by Crippen LogP contribution is -2.49. The van der Waals surface area contributed by atoms with Crippen molar-refractivity contribution >= 4 is 27.0 Å². The summed E-state index contributed by atoms with van der Waals surface area (Å²) < 4.78 is 55.7. The van der Waals surface area contributed by atoms with Gasteiger partial charge in [0.1, 0.15) is 18.0 Å². The highest BCUT2D eigenvalue weighted by Gasteiger charge is 2.34. The van der Waals surface area contributed by atoms with Crippen molar-refractivity contribution in [3.8, 4) is 11.8 Å². The number of anilines is 1. The van der Waals surface area contributed by atoms with Crippen LogP contribution in [0.4, 0.5) is 14.7 Å². The van der Waals surface area contributed by atoms with Gasteiger partial charge in [-0.3, -0.25) is 0 Å². The second-order valence-corrected chi connectivity index (χ2v) is 9.98. The number of piperidine rings is 2. The summed E-state index contributed by atoms with van der Waals surface area (Å²) in [6.07, 6.45) is 1.12. The van der Waals surface area contributed by atoms with Gasteiger partial charge in [-0.15, -0.1) is 0 Å². The van der Waals surface area contributed by atoms with E-state index in [9.17, 15) is 17.2 Å². The first-order valence-electron chi connectivity index (χ1n) is 10.3. The molecule has 0 aliphatic carbocycles. The van der Waals surface area contributed by atoms with Gasteiger partial charge in [0.25, 0.3) is 0 Å². The number of hydrogen-bond acceptors (Lipinski definition) is 6. The van der Waals surface area contributed by atoms with Gasteiger partial charge in [-0.2, -0.15) is 9.29 Å². The Labute approximate surface area is 180 Å². The van der Waals surface area contributed by atoms with Gasteiger partial charge in [-0.05, 0) is 38.3 Å². The second kappa shape index (κ2) is 8.68. The Hall–Kier alpha value is -2.29. The number of aromatic nitrogens is 3. The number of hydrogen-bond donors (Lipinski definition) is 2. The SMILES string of the molecule is CC#Cc1cc2cnc(N[C@@H]3CCN(S(C)(=O)=O)C[C@H]3F)nc2n1[C@@H]1CCNC[C@@H]1F. The minimum atomic E-state index is -3.43.